The fourth-order valence-electron chi connectivity index (χ4n) is 1.58. The molecule has 0 atom stereocenters. The molecule has 84 valence electrons. The lowest BCUT2D eigenvalue weighted by atomic mass is 9.99. The van der Waals surface area contributed by atoms with E-state index in [1.807, 2.05) is 0 Å². The first-order valence-corrected chi connectivity index (χ1v) is 5.13. The lowest BCUT2D eigenvalue weighted by molar-refractivity contribution is -0.139. The van der Waals surface area contributed by atoms with Crippen LogP contribution >= 0.6 is 0 Å². The smallest absolute Gasteiger partial charge is 0.231 e. The van der Waals surface area contributed by atoms with Crippen LogP contribution in [-0.2, 0) is 9.59 Å². The number of carbonyl (C=O) groups excluding carboxylic acids is 2. The van der Waals surface area contributed by atoms with Gasteiger partial charge in [0, 0.05) is 38.1 Å². The monoisotopic (exact) mass is 219 g/mol. The summed E-state index contributed by atoms with van der Waals surface area (Å²) in [6.45, 7) is 2.55. The van der Waals surface area contributed by atoms with Crippen LogP contribution in [0.5, 0.6) is 0 Å². The van der Waals surface area contributed by atoms with E-state index in [0.717, 1.165) is 5.69 Å². The van der Waals surface area contributed by atoms with E-state index in [-0.39, 0.29) is 17.7 Å². The lowest BCUT2D eigenvalue weighted by Gasteiger charge is -2.37. The van der Waals surface area contributed by atoms with Crippen LogP contribution in [0.2, 0.25) is 0 Å². The summed E-state index contributed by atoms with van der Waals surface area (Å²) in [7, 11) is 0. The van der Waals surface area contributed by atoms with Crippen LogP contribution in [0.4, 0.5) is 5.69 Å². The molecular weight excluding hydrogens is 206 g/mol. The van der Waals surface area contributed by atoms with Crippen LogP contribution in [0.3, 0.4) is 0 Å². The van der Waals surface area contributed by atoms with Gasteiger partial charge in [-0.3, -0.25) is 14.6 Å². The molecule has 1 saturated heterocycles. The topological polar surface area (TPSA) is 62.3 Å². The van der Waals surface area contributed by atoms with Crippen molar-refractivity contribution in [3.05, 3.63) is 24.5 Å². The maximum atomic E-state index is 11.7. The summed E-state index contributed by atoms with van der Waals surface area (Å²) in [5, 5.41) is 2.79. The molecule has 1 aromatic heterocycles. The Hall–Kier alpha value is -1.91. The third kappa shape index (κ3) is 2.18. The zero-order valence-corrected chi connectivity index (χ0v) is 9.01. The van der Waals surface area contributed by atoms with E-state index >= 15 is 0 Å². The molecule has 0 saturated carbocycles. The van der Waals surface area contributed by atoms with Gasteiger partial charge in [-0.15, -0.1) is 0 Å². The highest BCUT2D eigenvalue weighted by Crippen LogP contribution is 2.17. The predicted octanol–water partition coefficient (Wildman–Crippen LogP) is 0.498. The predicted molar refractivity (Wildman–Crippen MR) is 58.6 cm³/mol. The molecule has 2 amide bonds. The maximum absolute atomic E-state index is 11.7. The Morgan fingerprint density at radius 2 is 2.00 bits per heavy atom. The van der Waals surface area contributed by atoms with Crippen molar-refractivity contribution in [1.82, 2.24) is 9.88 Å². The minimum atomic E-state index is -0.0861. The van der Waals surface area contributed by atoms with Crippen molar-refractivity contribution in [1.29, 1.82) is 0 Å². The van der Waals surface area contributed by atoms with Gasteiger partial charge in [-0.05, 0) is 12.1 Å². The summed E-state index contributed by atoms with van der Waals surface area (Å²) >= 11 is 0. The third-order valence-corrected chi connectivity index (χ3v) is 2.65. The van der Waals surface area contributed by atoms with Crippen LogP contribution in [-0.4, -0.2) is 34.8 Å². The lowest BCUT2D eigenvalue weighted by Crippen LogP contribution is -2.53. The van der Waals surface area contributed by atoms with E-state index in [2.05, 4.69) is 10.3 Å². The molecule has 16 heavy (non-hydrogen) atoms. The Kier molecular flexibility index (Phi) is 2.85. The fraction of sp³-hybridized carbons (Fsp3) is 0.364. The standard InChI is InChI=1S/C11H13N3O2/c1-8(15)14-6-9(7-14)11(16)13-10-2-4-12-5-3-10/h2-5,9H,6-7H2,1H3,(H,12,13,16). The molecule has 0 radical (unpaired) electrons. The van der Waals surface area contributed by atoms with Gasteiger partial charge >= 0.3 is 0 Å². The van der Waals surface area contributed by atoms with Crippen LogP contribution in [0.1, 0.15) is 6.92 Å². The molecule has 1 fully saturated rings. The van der Waals surface area contributed by atoms with Gasteiger partial charge in [0.2, 0.25) is 11.8 Å². The summed E-state index contributed by atoms with van der Waals surface area (Å²) in [5.41, 5.74) is 0.737. The minimum Gasteiger partial charge on any atom is -0.341 e. The Bertz CT molecular complexity index is 399. The normalized spacial score (nSPS) is 15.4. The van der Waals surface area contributed by atoms with Gasteiger partial charge in [0.25, 0.3) is 0 Å². The van der Waals surface area contributed by atoms with Gasteiger partial charge < -0.3 is 10.2 Å². The number of likely N-dealkylation sites (tertiary alicyclic amines) is 1. The van der Waals surface area contributed by atoms with E-state index in [1.165, 1.54) is 6.92 Å². The van der Waals surface area contributed by atoms with Crippen molar-refractivity contribution in [3.8, 4) is 0 Å². The van der Waals surface area contributed by atoms with Gasteiger partial charge in [0.1, 0.15) is 0 Å². The summed E-state index contributed by atoms with van der Waals surface area (Å²) in [6, 6.07) is 3.47. The summed E-state index contributed by atoms with van der Waals surface area (Å²) < 4.78 is 0. The minimum absolute atomic E-state index is 0.0213. The zero-order valence-electron chi connectivity index (χ0n) is 9.01. The highest BCUT2D eigenvalue weighted by atomic mass is 16.2. The molecular formula is C11H13N3O2. The number of hydrogen-bond acceptors (Lipinski definition) is 3. The van der Waals surface area contributed by atoms with Crippen molar-refractivity contribution in [2.75, 3.05) is 18.4 Å². The maximum Gasteiger partial charge on any atom is 0.231 e. The summed E-state index contributed by atoms with van der Waals surface area (Å²) in [5.74, 6) is -0.103. The highest BCUT2D eigenvalue weighted by Gasteiger charge is 2.33. The zero-order chi connectivity index (χ0) is 11.5. The Morgan fingerprint density at radius 3 is 2.56 bits per heavy atom. The van der Waals surface area contributed by atoms with Crippen molar-refractivity contribution >= 4 is 17.5 Å². The molecule has 0 bridgehead atoms. The van der Waals surface area contributed by atoms with E-state index < -0.39 is 0 Å². The number of nitrogens with zero attached hydrogens (tertiary/aromatic N) is 2. The SMILES string of the molecule is CC(=O)N1CC(C(=O)Nc2ccncc2)C1. The second-order valence-electron chi connectivity index (χ2n) is 3.85. The quantitative estimate of drug-likeness (QED) is 0.787. The highest BCUT2D eigenvalue weighted by molar-refractivity contribution is 5.94. The number of aromatic nitrogens is 1. The second-order valence-corrected chi connectivity index (χ2v) is 3.85. The first-order chi connectivity index (χ1) is 7.66. The first-order valence-electron chi connectivity index (χ1n) is 5.13. The van der Waals surface area contributed by atoms with E-state index in [4.69, 9.17) is 0 Å². The van der Waals surface area contributed by atoms with Crippen molar-refractivity contribution in [3.63, 3.8) is 0 Å². The third-order valence-electron chi connectivity index (χ3n) is 2.65. The Balaban J connectivity index is 1.85. The number of nitrogens with one attached hydrogen (secondary N) is 1. The molecule has 1 N–H and O–H groups in total. The Labute approximate surface area is 93.5 Å². The van der Waals surface area contributed by atoms with E-state index in [1.54, 1.807) is 29.4 Å². The molecule has 0 spiro atoms. The van der Waals surface area contributed by atoms with Crippen LogP contribution < -0.4 is 5.32 Å². The number of anilines is 1. The van der Waals surface area contributed by atoms with Crippen LogP contribution in [0.25, 0.3) is 0 Å². The number of hydrogen-bond donors (Lipinski definition) is 1. The fourth-order valence-corrected chi connectivity index (χ4v) is 1.58. The number of rotatable bonds is 2. The molecule has 0 aliphatic carbocycles. The van der Waals surface area contributed by atoms with Crippen molar-refractivity contribution < 1.29 is 9.59 Å². The molecule has 5 nitrogen and oxygen atoms in total. The van der Waals surface area contributed by atoms with Gasteiger partial charge in [0.05, 0.1) is 5.92 Å². The van der Waals surface area contributed by atoms with Gasteiger partial charge in [-0.2, -0.15) is 0 Å². The largest absolute Gasteiger partial charge is 0.341 e. The molecule has 0 aromatic carbocycles. The van der Waals surface area contributed by atoms with E-state index in [9.17, 15) is 9.59 Å². The molecule has 1 aromatic rings. The molecule has 5 heteroatoms. The molecule has 1 aliphatic rings. The van der Waals surface area contributed by atoms with Crippen molar-refractivity contribution in [2.24, 2.45) is 5.92 Å². The molecule has 2 rings (SSSR count). The van der Waals surface area contributed by atoms with Gasteiger partial charge in [-0.25, -0.2) is 0 Å². The van der Waals surface area contributed by atoms with Crippen LogP contribution in [0, 0.1) is 5.92 Å². The van der Waals surface area contributed by atoms with Crippen molar-refractivity contribution in [2.45, 2.75) is 6.92 Å². The second kappa shape index (κ2) is 4.30. The Morgan fingerprint density at radius 1 is 1.38 bits per heavy atom. The molecule has 0 unspecified atom stereocenters. The van der Waals surface area contributed by atoms with E-state index in [0.29, 0.717) is 13.1 Å². The summed E-state index contributed by atoms with van der Waals surface area (Å²) in [6.07, 6.45) is 3.25. The molecule has 1 aliphatic heterocycles. The average Bonchev–Trinajstić information content (AvgIpc) is 2.15. The number of pyridine rings is 1. The van der Waals surface area contributed by atoms with Gasteiger partial charge in [-0.1, -0.05) is 0 Å². The number of carbonyl (C=O) groups is 2. The first kappa shape index (κ1) is 10.6. The van der Waals surface area contributed by atoms with Crippen LogP contribution in [0.15, 0.2) is 24.5 Å². The molecule has 2 heterocycles. The number of amides is 2. The average molecular weight is 219 g/mol. The van der Waals surface area contributed by atoms with Gasteiger partial charge in [0.15, 0.2) is 0 Å². The summed E-state index contributed by atoms with van der Waals surface area (Å²) in [4.78, 5) is 28.1.